The Hall–Kier alpha value is -1.69. The molecular weight excluding hydrogens is 186 g/mol. The SMILES string of the molecule is CN(CCO)C(=O)c1ccnc(=O)[nH]1. The zero-order chi connectivity index (χ0) is 10.6. The number of aliphatic hydroxyl groups excluding tert-OH is 1. The molecule has 0 aromatic carbocycles. The van der Waals surface area contributed by atoms with Crippen molar-refractivity contribution in [3.8, 4) is 0 Å². The number of carbonyl (C=O) groups excluding carboxylic acids is 1. The summed E-state index contributed by atoms with van der Waals surface area (Å²) in [7, 11) is 1.54. The van der Waals surface area contributed by atoms with Crippen LogP contribution in [-0.4, -0.2) is 46.1 Å². The summed E-state index contributed by atoms with van der Waals surface area (Å²) in [6.45, 7) is 0.112. The molecular formula is C8H11N3O3. The molecule has 0 saturated heterocycles. The Morgan fingerprint density at radius 2 is 2.43 bits per heavy atom. The maximum absolute atomic E-state index is 11.5. The third-order valence-corrected chi connectivity index (χ3v) is 1.69. The highest BCUT2D eigenvalue weighted by Gasteiger charge is 2.11. The molecule has 0 aliphatic rings. The molecule has 0 aliphatic heterocycles. The van der Waals surface area contributed by atoms with Gasteiger partial charge >= 0.3 is 5.69 Å². The highest BCUT2D eigenvalue weighted by atomic mass is 16.3. The lowest BCUT2D eigenvalue weighted by Crippen LogP contribution is -2.31. The van der Waals surface area contributed by atoms with Gasteiger partial charge < -0.3 is 15.0 Å². The first-order chi connectivity index (χ1) is 6.65. The van der Waals surface area contributed by atoms with Crippen LogP contribution in [0.25, 0.3) is 0 Å². The molecule has 0 atom stereocenters. The Bertz CT molecular complexity index is 374. The van der Waals surface area contributed by atoms with E-state index in [1.54, 1.807) is 0 Å². The van der Waals surface area contributed by atoms with E-state index in [9.17, 15) is 9.59 Å². The molecule has 2 N–H and O–H groups in total. The van der Waals surface area contributed by atoms with Crippen LogP contribution >= 0.6 is 0 Å². The minimum absolute atomic E-state index is 0.114. The van der Waals surface area contributed by atoms with Gasteiger partial charge in [-0.15, -0.1) is 0 Å². The lowest BCUT2D eigenvalue weighted by Gasteiger charge is -2.14. The number of hydrogen-bond donors (Lipinski definition) is 2. The van der Waals surface area contributed by atoms with Crippen LogP contribution < -0.4 is 5.69 Å². The Labute approximate surface area is 80.2 Å². The summed E-state index contributed by atoms with van der Waals surface area (Å²) >= 11 is 0. The number of nitrogens with zero attached hydrogens (tertiary/aromatic N) is 2. The summed E-state index contributed by atoms with van der Waals surface area (Å²) in [4.78, 5) is 29.3. The molecule has 0 spiro atoms. The van der Waals surface area contributed by atoms with Crippen LogP contribution in [0.3, 0.4) is 0 Å². The second-order valence-corrected chi connectivity index (χ2v) is 2.74. The fourth-order valence-corrected chi connectivity index (χ4v) is 0.951. The van der Waals surface area contributed by atoms with Gasteiger partial charge in [-0.05, 0) is 6.07 Å². The number of aromatic amines is 1. The molecule has 0 radical (unpaired) electrons. The average Bonchev–Trinajstić information content (AvgIpc) is 2.17. The van der Waals surface area contributed by atoms with Crippen molar-refractivity contribution in [2.24, 2.45) is 0 Å². The highest BCUT2D eigenvalue weighted by Crippen LogP contribution is 1.95. The van der Waals surface area contributed by atoms with Crippen molar-refractivity contribution in [1.82, 2.24) is 14.9 Å². The predicted molar refractivity (Wildman–Crippen MR) is 48.9 cm³/mol. The molecule has 1 aromatic heterocycles. The number of nitrogens with one attached hydrogen (secondary N) is 1. The van der Waals surface area contributed by atoms with Crippen LogP contribution in [0, 0.1) is 0 Å². The maximum atomic E-state index is 11.5. The summed E-state index contributed by atoms with van der Waals surface area (Å²) in [6.07, 6.45) is 1.26. The minimum Gasteiger partial charge on any atom is -0.395 e. The van der Waals surface area contributed by atoms with Gasteiger partial charge in [0.1, 0.15) is 5.69 Å². The van der Waals surface area contributed by atoms with E-state index < -0.39 is 5.69 Å². The van der Waals surface area contributed by atoms with E-state index in [0.717, 1.165) is 0 Å². The number of aliphatic hydroxyl groups is 1. The van der Waals surface area contributed by atoms with Crippen LogP contribution in [0.1, 0.15) is 10.5 Å². The first kappa shape index (κ1) is 10.4. The van der Waals surface area contributed by atoms with Gasteiger partial charge in [-0.25, -0.2) is 9.78 Å². The van der Waals surface area contributed by atoms with Crippen molar-refractivity contribution in [2.75, 3.05) is 20.2 Å². The zero-order valence-corrected chi connectivity index (χ0v) is 7.73. The molecule has 6 nitrogen and oxygen atoms in total. The fourth-order valence-electron chi connectivity index (χ4n) is 0.951. The predicted octanol–water partition coefficient (Wildman–Crippen LogP) is -1.17. The van der Waals surface area contributed by atoms with Crippen molar-refractivity contribution in [1.29, 1.82) is 0 Å². The molecule has 1 heterocycles. The average molecular weight is 197 g/mol. The van der Waals surface area contributed by atoms with Crippen LogP contribution in [-0.2, 0) is 0 Å². The molecule has 0 unspecified atom stereocenters. The third kappa shape index (κ3) is 2.40. The van der Waals surface area contributed by atoms with Gasteiger partial charge in [-0.2, -0.15) is 0 Å². The van der Waals surface area contributed by atoms with Crippen LogP contribution in [0.15, 0.2) is 17.1 Å². The standard InChI is InChI=1S/C8H11N3O3/c1-11(4-5-12)7(13)6-2-3-9-8(14)10-6/h2-3,12H,4-5H2,1H3,(H,9,10,14). The quantitative estimate of drug-likeness (QED) is 0.639. The Morgan fingerprint density at radius 1 is 1.71 bits per heavy atom. The molecule has 14 heavy (non-hydrogen) atoms. The van der Waals surface area contributed by atoms with Crippen molar-refractivity contribution >= 4 is 5.91 Å². The zero-order valence-electron chi connectivity index (χ0n) is 7.73. The largest absolute Gasteiger partial charge is 0.395 e. The number of aromatic nitrogens is 2. The van der Waals surface area contributed by atoms with E-state index in [2.05, 4.69) is 9.97 Å². The monoisotopic (exact) mass is 197 g/mol. The number of likely N-dealkylation sites (N-methyl/N-ethyl adjacent to an activating group) is 1. The van der Waals surface area contributed by atoms with E-state index in [1.165, 1.54) is 24.2 Å². The first-order valence-corrected chi connectivity index (χ1v) is 4.07. The number of amides is 1. The van der Waals surface area contributed by atoms with E-state index in [1.807, 2.05) is 0 Å². The third-order valence-electron chi connectivity index (χ3n) is 1.69. The van der Waals surface area contributed by atoms with Crippen molar-refractivity contribution in [2.45, 2.75) is 0 Å². The van der Waals surface area contributed by atoms with Gasteiger partial charge in [0.2, 0.25) is 0 Å². The van der Waals surface area contributed by atoms with Crippen molar-refractivity contribution in [3.05, 3.63) is 28.4 Å². The lowest BCUT2D eigenvalue weighted by atomic mass is 10.3. The smallest absolute Gasteiger partial charge is 0.345 e. The summed E-state index contributed by atoms with van der Waals surface area (Å²) in [5.41, 5.74) is -0.394. The molecule has 1 amide bonds. The molecule has 1 rings (SSSR count). The van der Waals surface area contributed by atoms with E-state index in [4.69, 9.17) is 5.11 Å². The van der Waals surface area contributed by atoms with E-state index >= 15 is 0 Å². The van der Waals surface area contributed by atoms with Crippen LogP contribution in [0.2, 0.25) is 0 Å². The number of H-pyrrole nitrogens is 1. The number of hydrogen-bond acceptors (Lipinski definition) is 4. The summed E-state index contributed by atoms with van der Waals surface area (Å²) in [5, 5.41) is 8.61. The van der Waals surface area contributed by atoms with E-state index in [-0.39, 0.29) is 24.8 Å². The van der Waals surface area contributed by atoms with Gasteiger partial charge in [-0.3, -0.25) is 4.79 Å². The van der Waals surface area contributed by atoms with Gasteiger partial charge in [0.15, 0.2) is 0 Å². The maximum Gasteiger partial charge on any atom is 0.345 e. The molecule has 0 saturated carbocycles. The van der Waals surface area contributed by atoms with Crippen molar-refractivity contribution in [3.63, 3.8) is 0 Å². The Morgan fingerprint density at radius 3 is 3.00 bits per heavy atom. The van der Waals surface area contributed by atoms with Gasteiger partial charge in [-0.1, -0.05) is 0 Å². The molecule has 0 aliphatic carbocycles. The fraction of sp³-hybridized carbons (Fsp3) is 0.375. The highest BCUT2D eigenvalue weighted by molar-refractivity contribution is 5.91. The lowest BCUT2D eigenvalue weighted by molar-refractivity contribution is 0.0760. The summed E-state index contributed by atoms with van der Waals surface area (Å²) < 4.78 is 0. The number of rotatable bonds is 3. The van der Waals surface area contributed by atoms with Gasteiger partial charge in [0, 0.05) is 19.8 Å². The minimum atomic E-state index is -0.562. The second kappa shape index (κ2) is 4.52. The molecule has 0 fully saturated rings. The number of carbonyl (C=O) groups is 1. The van der Waals surface area contributed by atoms with Gasteiger partial charge in [0.05, 0.1) is 6.61 Å². The normalized spacial score (nSPS) is 9.86. The molecule has 0 bridgehead atoms. The van der Waals surface area contributed by atoms with E-state index in [0.29, 0.717) is 0 Å². The van der Waals surface area contributed by atoms with Crippen LogP contribution in [0.4, 0.5) is 0 Å². The van der Waals surface area contributed by atoms with Gasteiger partial charge in [0.25, 0.3) is 5.91 Å². The topological polar surface area (TPSA) is 86.3 Å². The molecule has 1 aromatic rings. The molecule has 76 valence electrons. The second-order valence-electron chi connectivity index (χ2n) is 2.74. The summed E-state index contributed by atoms with van der Waals surface area (Å²) in [5.74, 6) is -0.349. The Kier molecular flexibility index (Phi) is 3.35. The summed E-state index contributed by atoms with van der Waals surface area (Å²) in [6, 6.07) is 1.41. The van der Waals surface area contributed by atoms with Crippen LogP contribution in [0.5, 0.6) is 0 Å². The first-order valence-electron chi connectivity index (χ1n) is 4.07. The Balaban J connectivity index is 2.84. The van der Waals surface area contributed by atoms with Crippen molar-refractivity contribution < 1.29 is 9.90 Å². The molecule has 6 heteroatoms.